The van der Waals surface area contributed by atoms with Crippen LogP contribution < -0.4 is 5.73 Å². The molecule has 0 unspecified atom stereocenters. The van der Waals surface area contributed by atoms with Gasteiger partial charge in [-0.1, -0.05) is 0 Å². The number of anilines is 1. The van der Waals surface area contributed by atoms with Crippen molar-refractivity contribution in [3.63, 3.8) is 0 Å². The largest absolute Gasteiger partial charge is 0.383 e. The standard InChI is InChI=1S/C10H15N5O/c1-6(2)16-5-8-13-9(11)7-4-12-15(3)10(7)14-8/h4,6H,5H2,1-3H3,(H2,11,13,14). The van der Waals surface area contributed by atoms with Crippen molar-refractivity contribution >= 4 is 16.9 Å². The molecule has 6 nitrogen and oxygen atoms in total. The summed E-state index contributed by atoms with van der Waals surface area (Å²) in [5.74, 6) is 1.03. The van der Waals surface area contributed by atoms with Crippen molar-refractivity contribution in [1.82, 2.24) is 19.7 Å². The molecule has 0 radical (unpaired) electrons. The van der Waals surface area contributed by atoms with E-state index in [-0.39, 0.29) is 6.10 Å². The van der Waals surface area contributed by atoms with Gasteiger partial charge in [-0.2, -0.15) is 5.10 Å². The lowest BCUT2D eigenvalue weighted by Crippen LogP contribution is -2.08. The topological polar surface area (TPSA) is 78.9 Å². The Labute approximate surface area is 93.4 Å². The number of hydrogen-bond acceptors (Lipinski definition) is 5. The van der Waals surface area contributed by atoms with Gasteiger partial charge < -0.3 is 10.5 Å². The van der Waals surface area contributed by atoms with Crippen LogP contribution in [0.25, 0.3) is 11.0 Å². The molecule has 2 heterocycles. The SMILES string of the molecule is CC(C)OCc1nc(N)c2cnn(C)c2n1. The van der Waals surface area contributed by atoms with Crippen molar-refractivity contribution in [2.75, 3.05) is 5.73 Å². The summed E-state index contributed by atoms with van der Waals surface area (Å²) in [6, 6.07) is 0. The van der Waals surface area contributed by atoms with E-state index in [1.807, 2.05) is 20.9 Å². The molecule has 2 aromatic heterocycles. The summed E-state index contributed by atoms with van der Waals surface area (Å²) < 4.78 is 7.11. The summed E-state index contributed by atoms with van der Waals surface area (Å²) >= 11 is 0. The van der Waals surface area contributed by atoms with Gasteiger partial charge in [-0.15, -0.1) is 0 Å². The van der Waals surface area contributed by atoms with Gasteiger partial charge in [-0.05, 0) is 13.8 Å². The van der Waals surface area contributed by atoms with Gasteiger partial charge in [0, 0.05) is 7.05 Å². The number of aryl methyl sites for hydroxylation is 1. The van der Waals surface area contributed by atoms with Gasteiger partial charge in [0.2, 0.25) is 0 Å². The molecular formula is C10H15N5O. The first-order chi connectivity index (χ1) is 7.58. The number of nitrogens with two attached hydrogens (primary N) is 1. The molecule has 0 fully saturated rings. The molecule has 0 spiro atoms. The Morgan fingerprint density at radius 2 is 2.19 bits per heavy atom. The lowest BCUT2D eigenvalue weighted by atomic mass is 10.4. The van der Waals surface area contributed by atoms with Crippen LogP contribution in [-0.2, 0) is 18.4 Å². The van der Waals surface area contributed by atoms with Crippen molar-refractivity contribution in [2.24, 2.45) is 7.05 Å². The molecule has 16 heavy (non-hydrogen) atoms. The first-order valence-corrected chi connectivity index (χ1v) is 5.13. The number of fused-ring (bicyclic) bond motifs is 1. The van der Waals surface area contributed by atoms with Crippen molar-refractivity contribution in [3.8, 4) is 0 Å². The summed E-state index contributed by atoms with van der Waals surface area (Å²) in [4.78, 5) is 8.53. The van der Waals surface area contributed by atoms with Crippen LogP contribution >= 0.6 is 0 Å². The van der Waals surface area contributed by atoms with E-state index in [1.54, 1.807) is 10.9 Å². The summed E-state index contributed by atoms with van der Waals surface area (Å²) in [5.41, 5.74) is 6.55. The van der Waals surface area contributed by atoms with Gasteiger partial charge in [-0.3, -0.25) is 4.68 Å². The van der Waals surface area contributed by atoms with Gasteiger partial charge in [0.25, 0.3) is 0 Å². The lowest BCUT2D eigenvalue weighted by Gasteiger charge is -2.07. The second kappa shape index (κ2) is 4.05. The Hall–Kier alpha value is -1.69. The number of rotatable bonds is 3. The van der Waals surface area contributed by atoms with Gasteiger partial charge >= 0.3 is 0 Å². The van der Waals surface area contributed by atoms with Crippen molar-refractivity contribution in [3.05, 3.63) is 12.0 Å². The van der Waals surface area contributed by atoms with Gasteiger partial charge in [-0.25, -0.2) is 9.97 Å². The molecule has 86 valence electrons. The highest BCUT2D eigenvalue weighted by molar-refractivity contribution is 5.84. The molecule has 0 aliphatic heterocycles. The van der Waals surface area contributed by atoms with Crippen LogP contribution in [0, 0.1) is 0 Å². The number of hydrogen-bond donors (Lipinski definition) is 1. The third kappa shape index (κ3) is 1.96. The Morgan fingerprint density at radius 1 is 1.44 bits per heavy atom. The normalized spacial score (nSPS) is 11.5. The molecule has 0 amide bonds. The maximum Gasteiger partial charge on any atom is 0.163 e. The molecule has 0 atom stereocenters. The summed E-state index contributed by atoms with van der Waals surface area (Å²) in [5, 5.41) is 4.86. The van der Waals surface area contributed by atoms with Crippen molar-refractivity contribution in [1.29, 1.82) is 0 Å². The molecule has 2 N–H and O–H groups in total. The minimum Gasteiger partial charge on any atom is -0.383 e. The van der Waals surface area contributed by atoms with E-state index in [4.69, 9.17) is 10.5 Å². The average Bonchev–Trinajstić information content (AvgIpc) is 2.58. The smallest absolute Gasteiger partial charge is 0.163 e. The zero-order valence-corrected chi connectivity index (χ0v) is 9.64. The highest BCUT2D eigenvalue weighted by Crippen LogP contribution is 2.16. The van der Waals surface area contributed by atoms with Crippen LogP contribution in [0.4, 0.5) is 5.82 Å². The molecule has 0 aromatic carbocycles. The van der Waals surface area contributed by atoms with Crippen LogP contribution in [-0.4, -0.2) is 25.9 Å². The number of aromatic nitrogens is 4. The zero-order chi connectivity index (χ0) is 11.7. The Kier molecular flexibility index (Phi) is 2.74. The first-order valence-electron chi connectivity index (χ1n) is 5.13. The van der Waals surface area contributed by atoms with Crippen molar-refractivity contribution < 1.29 is 4.74 Å². The fourth-order valence-electron chi connectivity index (χ4n) is 1.40. The Morgan fingerprint density at radius 3 is 2.88 bits per heavy atom. The van der Waals surface area contributed by atoms with Gasteiger partial charge in [0.05, 0.1) is 17.7 Å². The maximum absolute atomic E-state index is 5.82. The quantitative estimate of drug-likeness (QED) is 0.832. The molecule has 0 saturated heterocycles. The highest BCUT2D eigenvalue weighted by Gasteiger charge is 2.09. The molecule has 0 aliphatic rings. The van der Waals surface area contributed by atoms with Crippen LogP contribution in [0.3, 0.4) is 0 Å². The van der Waals surface area contributed by atoms with Gasteiger partial charge in [0.15, 0.2) is 11.5 Å². The predicted molar refractivity (Wildman–Crippen MR) is 60.6 cm³/mol. The summed E-state index contributed by atoms with van der Waals surface area (Å²) in [7, 11) is 1.82. The third-order valence-corrected chi connectivity index (χ3v) is 2.21. The van der Waals surface area contributed by atoms with E-state index in [0.29, 0.717) is 18.2 Å². The van der Waals surface area contributed by atoms with E-state index in [9.17, 15) is 0 Å². The highest BCUT2D eigenvalue weighted by atomic mass is 16.5. The molecular weight excluding hydrogens is 206 g/mol. The predicted octanol–water partition coefficient (Wildman–Crippen LogP) is 0.870. The fraction of sp³-hybridized carbons (Fsp3) is 0.500. The average molecular weight is 221 g/mol. The van der Waals surface area contributed by atoms with Crippen LogP contribution in [0.15, 0.2) is 6.20 Å². The molecule has 0 saturated carbocycles. The summed E-state index contributed by atoms with van der Waals surface area (Å²) in [6.07, 6.45) is 1.81. The first kappa shape index (κ1) is 10.8. The Balaban J connectivity index is 2.36. The van der Waals surface area contributed by atoms with Crippen molar-refractivity contribution in [2.45, 2.75) is 26.6 Å². The van der Waals surface area contributed by atoms with E-state index in [1.165, 1.54) is 0 Å². The van der Waals surface area contributed by atoms with E-state index in [0.717, 1.165) is 11.0 Å². The Bertz CT molecular complexity index is 505. The minimum atomic E-state index is 0.145. The third-order valence-electron chi connectivity index (χ3n) is 2.21. The van der Waals surface area contributed by atoms with Gasteiger partial charge in [0.1, 0.15) is 12.4 Å². The molecule has 0 aliphatic carbocycles. The number of nitrogens with zero attached hydrogens (tertiary/aromatic N) is 4. The molecule has 6 heteroatoms. The summed E-state index contributed by atoms with van der Waals surface area (Å²) in [6.45, 7) is 4.29. The minimum absolute atomic E-state index is 0.145. The van der Waals surface area contributed by atoms with E-state index < -0.39 is 0 Å². The van der Waals surface area contributed by atoms with E-state index >= 15 is 0 Å². The lowest BCUT2D eigenvalue weighted by molar-refractivity contribution is 0.0615. The molecule has 2 rings (SSSR count). The maximum atomic E-state index is 5.82. The second-order valence-corrected chi connectivity index (χ2v) is 3.89. The number of nitrogen functional groups attached to an aromatic ring is 1. The second-order valence-electron chi connectivity index (χ2n) is 3.89. The molecule has 0 bridgehead atoms. The van der Waals surface area contributed by atoms with E-state index in [2.05, 4.69) is 15.1 Å². The number of ether oxygens (including phenoxy) is 1. The van der Waals surface area contributed by atoms with Crippen LogP contribution in [0.2, 0.25) is 0 Å². The van der Waals surface area contributed by atoms with Crippen LogP contribution in [0.1, 0.15) is 19.7 Å². The monoisotopic (exact) mass is 221 g/mol. The van der Waals surface area contributed by atoms with Crippen LogP contribution in [0.5, 0.6) is 0 Å². The fourth-order valence-corrected chi connectivity index (χ4v) is 1.40. The molecule has 2 aromatic rings. The zero-order valence-electron chi connectivity index (χ0n) is 9.64.